The molecule has 0 bridgehead atoms. The number of para-hydroxylation sites is 2. The Hall–Kier alpha value is -3.37. The van der Waals surface area contributed by atoms with Crippen LogP contribution in [0.4, 0.5) is 5.69 Å². The van der Waals surface area contributed by atoms with Gasteiger partial charge in [0.15, 0.2) is 0 Å². The highest BCUT2D eigenvalue weighted by molar-refractivity contribution is 6.34. The zero-order chi connectivity index (χ0) is 19.5. The highest BCUT2D eigenvalue weighted by Gasteiger charge is 2.15. The summed E-state index contributed by atoms with van der Waals surface area (Å²) in [5.74, 6) is 0.491. The number of ether oxygens (including phenoxy) is 1. The Kier molecular flexibility index (Phi) is 4.96. The van der Waals surface area contributed by atoms with Gasteiger partial charge in [-0.3, -0.25) is 4.79 Å². The molecule has 0 aliphatic carbocycles. The summed E-state index contributed by atoms with van der Waals surface area (Å²) in [6.45, 7) is 0. The third-order valence-electron chi connectivity index (χ3n) is 4.45. The second-order valence-electron chi connectivity index (χ2n) is 6.24. The Bertz CT molecular complexity index is 1170. The van der Waals surface area contributed by atoms with Crippen LogP contribution in [0, 0.1) is 0 Å². The van der Waals surface area contributed by atoms with Crippen molar-refractivity contribution in [3.63, 3.8) is 0 Å². The lowest BCUT2D eigenvalue weighted by molar-refractivity contribution is 0.102. The minimum Gasteiger partial charge on any atom is -0.497 e. The van der Waals surface area contributed by atoms with E-state index in [1.165, 1.54) is 0 Å². The van der Waals surface area contributed by atoms with Gasteiger partial charge in [0, 0.05) is 10.9 Å². The smallest absolute Gasteiger partial charge is 0.256 e. The Balaban J connectivity index is 1.82. The Morgan fingerprint density at radius 1 is 0.964 bits per heavy atom. The molecule has 138 valence electrons. The lowest BCUT2D eigenvalue weighted by atomic mass is 10.0. The number of nitrogens with zero attached hydrogens (tertiary/aromatic N) is 1. The summed E-state index contributed by atoms with van der Waals surface area (Å²) in [7, 11) is 1.62. The first-order valence-electron chi connectivity index (χ1n) is 8.76. The fourth-order valence-corrected chi connectivity index (χ4v) is 3.23. The molecule has 1 amide bonds. The molecule has 0 unspecified atom stereocenters. The molecule has 0 aliphatic heterocycles. The van der Waals surface area contributed by atoms with Gasteiger partial charge in [-0.25, -0.2) is 4.98 Å². The van der Waals surface area contributed by atoms with E-state index in [0.29, 0.717) is 22.0 Å². The van der Waals surface area contributed by atoms with E-state index in [9.17, 15) is 4.79 Å². The maximum Gasteiger partial charge on any atom is 0.256 e. The number of carbonyl (C=O) groups is 1. The van der Waals surface area contributed by atoms with E-state index >= 15 is 0 Å². The maximum absolute atomic E-state index is 13.1. The molecular weight excluding hydrogens is 372 g/mol. The van der Waals surface area contributed by atoms with Crippen molar-refractivity contribution in [3.8, 4) is 17.0 Å². The van der Waals surface area contributed by atoms with Crippen LogP contribution in [-0.2, 0) is 0 Å². The molecule has 4 nitrogen and oxygen atoms in total. The van der Waals surface area contributed by atoms with Crippen molar-refractivity contribution in [2.75, 3.05) is 12.4 Å². The minimum absolute atomic E-state index is 0.240. The number of amides is 1. The third kappa shape index (κ3) is 3.55. The topological polar surface area (TPSA) is 51.2 Å². The van der Waals surface area contributed by atoms with E-state index in [2.05, 4.69) is 5.32 Å². The molecule has 0 spiro atoms. The van der Waals surface area contributed by atoms with Crippen LogP contribution in [0.25, 0.3) is 22.2 Å². The van der Waals surface area contributed by atoms with Gasteiger partial charge in [0.25, 0.3) is 5.91 Å². The Morgan fingerprint density at radius 2 is 1.75 bits per heavy atom. The van der Waals surface area contributed by atoms with Gasteiger partial charge in [-0.05, 0) is 36.4 Å². The van der Waals surface area contributed by atoms with E-state index in [1.54, 1.807) is 25.3 Å². The van der Waals surface area contributed by atoms with E-state index in [-0.39, 0.29) is 5.91 Å². The summed E-state index contributed by atoms with van der Waals surface area (Å²) in [6, 6.07) is 24.1. The standard InChI is InChI=1S/C23H17ClN2O2/c1-28-16-8-6-7-15(13-16)22-14-18(17-9-2-4-11-20(17)25-22)23(27)26-21-12-5-3-10-19(21)24/h2-14H,1H3,(H,26,27). The van der Waals surface area contributed by atoms with Crippen molar-refractivity contribution in [3.05, 3.63) is 89.4 Å². The van der Waals surface area contributed by atoms with Gasteiger partial charge >= 0.3 is 0 Å². The second-order valence-corrected chi connectivity index (χ2v) is 6.65. The van der Waals surface area contributed by atoms with Crippen LogP contribution in [0.1, 0.15) is 10.4 Å². The average Bonchev–Trinajstić information content (AvgIpc) is 2.74. The highest BCUT2D eigenvalue weighted by atomic mass is 35.5. The van der Waals surface area contributed by atoms with Gasteiger partial charge in [0.1, 0.15) is 5.75 Å². The highest BCUT2D eigenvalue weighted by Crippen LogP contribution is 2.28. The predicted octanol–water partition coefficient (Wildman–Crippen LogP) is 5.82. The number of hydrogen-bond acceptors (Lipinski definition) is 3. The fourth-order valence-electron chi connectivity index (χ4n) is 3.05. The van der Waals surface area contributed by atoms with Gasteiger partial charge in [0.2, 0.25) is 0 Å². The van der Waals surface area contributed by atoms with Crippen LogP contribution in [-0.4, -0.2) is 18.0 Å². The molecule has 0 saturated carbocycles. The maximum atomic E-state index is 13.1. The van der Waals surface area contributed by atoms with Crippen LogP contribution in [0.2, 0.25) is 5.02 Å². The van der Waals surface area contributed by atoms with E-state index in [1.807, 2.05) is 60.7 Å². The number of methoxy groups -OCH3 is 1. The first-order valence-corrected chi connectivity index (χ1v) is 9.13. The molecule has 1 heterocycles. The van der Waals surface area contributed by atoms with Crippen LogP contribution >= 0.6 is 11.6 Å². The van der Waals surface area contributed by atoms with Crippen LogP contribution in [0.15, 0.2) is 78.9 Å². The summed E-state index contributed by atoms with van der Waals surface area (Å²) in [6.07, 6.45) is 0. The number of hydrogen-bond donors (Lipinski definition) is 1. The number of halogens is 1. The van der Waals surface area contributed by atoms with Gasteiger partial charge in [-0.1, -0.05) is 54.1 Å². The lowest BCUT2D eigenvalue weighted by Gasteiger charge is -2.12. The number of rotatable bonds is 4. The van der Waals surface area contributed by atoms with Crippen molar-refractivity contribution >= 4 is 34.1 Å². The molecule has 1 aromatic heterocycles. The molecular formula is C23H17ClN2O2. The van der Waals surface area contributed by atoms with Gasteiger partial charge < -0.3 is 10.1 Å². The quantitative estimate of drug-likeness (QED) is 0.479. The minimum atomic E-state index is -0.240. The molecule has 0 fully saturated rings. The summed E-state index contributed by atoms with van der Waals surface area (Å²) in [5, 5.41) is 4.16. The van der Waals surface area contributed by atoms with Crippen molar-refractivity contribution in [1.29, 1.82) is 0 Å². The summed E-state index contributed by atoms with van der Waals surface area (Å²) < 4.78 is 5.31. The molecule has 0 atom stereocenters. The average molecular weight is 389 g/mol. The fraction of sp³-hybridized carbons (Fsp3) is 0.0435. The summed E-state index contributed by atoms with van der Waals surface area (Å²) in [4.78, 5) is 17.8. The summed E-state index contributed by atoms with van der Waals surface area (Å²) >= 11 is 6.19. The van der Waals surface area contributed by atoms with Gasteiger partial charge in [-0.15, -0.1) is 0 Å². The number of fused-ring (bicyclic) bond motifs is 1. The van der Waals surface area contributed by atoms with Crippen LogP contribution in [0.5, 0.6) is 5.75 Å². The normalized spacial score (nSPS) is 10.6. The number of anilines is 1. The number of benzene rings is 3. The van der Waals surface area contributed by atoms with Crippen LogP contribution in [0.3, 0.4) is 0 Å². The lowest BCUT2D eigenvalue weighted by Crippen LogP contribution is -2.13. The van der Waals surface area contributed by atoms with E-state index < -0.39 is 0 Å². The number of aromatic nitrogens is 1. The van der Waals surface area contributed by atoms with Crippen molar-refractivity contribution in [2.45, 2.75) is 0 Å². The molecule has 4 rings (SSSR count). The zero-order valence-corrected chi connectivity index (χ0v) is 15.9. The number of nitrogens with one attached hydrogen (secondary N) is 1. The molecule has 0 aliphatic rings. The molecule has 0 saturated heterocycles. The molecule has 3 aromatic carbocycles. The monoisotopic (exact) mass is 388 g/mol. The van der Waals surface area contributed by atoms with Crippen LogP contribution < -0.4 is 10.1 Å². The Labute approximate surface area is 167 Å². The van der Waals surface area contributed by atoms with Crippen molar-refractivity contribution in [1.82, 2.24) is 4.98 Å². The zero-order valence-electron chi connectivity index (χ0n) is 15.1. The first-order chi connectivity index (χ1) is 13.7. The SMILES string of the molecule is COc1cccc(-c2cc(C(=O)Nc3ccccc3Cl)c3ccccc3n2)c1. The third-order valence-corrected chi connectivity index (χ3v) is 4.78. The molecule has 5 heteroatoms. The predicted molar refractivity (Wildman–Crippen MR) is 113 cm³/mol. The molecule has 0 radical (unpaired) electrons. The molecule has 28 heavy (non-hydrogen) atoms. The number of carbonyl (C=O) groups excluding carboxylic acids is 1. The molecule has 1 N–H and O–H groups in total. The van der Waals surface area contributed by atoms with Gasteiger partial charge in [0.05, 0.1) is 34.6 Å². The molecule has 4 aromatic rings. The van der Waals surface area contributed by atoms with Crippen molar-refractivity contribution in [2.24, 2.45) is 0 Å². The largest absolute Gasteiger partial charge is 0.497 e. The van der Waals surface area contributed by atoms with Gasteiger partial charge in [-0.2, -0.15) is 0 Å². The van der Waals surface area contributed by atoms with Crippen molar-refractivity contribution < 1.29 is 9.53 Å². The number of pyridine rings is 1. The first kappa shape index (κ1) is 18.0. The Morgan fingerprint density at radius 3 is 2.57 bits per heavy atom. The second kappa shape index (κ2) is 7.71. The summed E-state index contributed by atoms with van der Waals surface area (Å²) in [5.41, 5.74) is 3.41. The van der Waals surface area contributed by atoms with E-state index in [4.69, 9.17) is 21.3 Å². The van der Waals surface area contributed by atoms with E-state index in [0.717, 1.165) is 22.2 Å².